The Bertz CT molecular complexity index is 1540. The van der Waals surface area contributed by atoms with Gasteiger partial charge in [0.25, 0.3) is 0 Å². The number of unbranched alkanes of at least 4 members (excludes halogenated alkanes) is 14. The number of aliphatic hydroxyl groups is 1. The normalized spacial score (nSPS) is 39.0. The summed E-state index contributed by atoms with van der Waals surface area (Å²) in [6.07, 6.45) is 19.5. The lowest BCUT2D eigenvalue weighted by atomic mass is 9.43. The maximum Gasteiger partial charge on any atom is 0.338 e. The van der Waals surface area contributed by atoms with Gasteiger partial charge in [-0.25, -0.2) is 4.79 Å². The van der Waals surface area contributed by atoms with E-state index in [1.165, 1.54) is 77.0 Å². The van der Waals surface area contributed by atoms with E-state index in [2.05, 4.69) is 18.9 Å². The van der Waals surface area contributed by atoms with Crippen LogP contribution in [-0.4, -0.2) is 112 Å². The Hall–Kier alpha value is -2.08. The van der Waals surface area contributed by atoms with Gasteiger partial charge in [0.15, 0.2) is 0 Å². The van der Waals surface area contributed by atoms with Gasteiger partial charge in [-0.3, -0.25) is 4.79 Å². The van der Waals surface area contributed by atoms with Crippen molar-refractivity contribution in [3.05, 3.63) is 35.9 Å². The first-order valence-corrected chi connectivity index (χ1v) is 23.6. The second kappa shape index (κ2) is 19.1. The number of carbonyl (C=O) groups excluding carboxylic acids is 2. The number of hydrogen-bond acceptors (Lipinski definition) is 10. The predicted octanol–water partition coefficient (Wildman–Crippen LogP) is 8.56. The predicted molar refractivity (Wildman–Crippen MR) is 227 cm³/mol. The van der Waals surface area contributed by atoms with E-state index in [1.54, 1.807) is 33.5 Å². The van der Waals surface area contributed by atoms with Gasteiger partial charge in [-0.2, -0.15) is 0 Å². The molecular formula is C49H77NO9. The molecule has 1 heterocycles. The highest BCUT2D eigenvalue weighted by Crippen LogP contribution is 2.80. The Morgan fingerprint density at radius 1 is 0.780 bits per heavy atom. The van der Waals surface area contributed by atoms with Gasteiger partial charge >= 0.3 is 11.9 Å². The van der Waals surface area contributed by atoms with Gasteiger partial charge in [-0.05, 0) is 50.8 Å². The van der Waals surface area contributed by atoms with E-state index in [0.29, 0.717) is 31.4 Å². The van der Waals surface area contributed by atoms with Crippen molar-refractivity contribution in [1.82, 2.24) is 4.90 Å². The lowest BCUT2D eigenvalue weighted by Gasteiger charge is -2.69. The minimum absolute atomic E-state index is 0.0143. The second-order valence-corrected chi connectivity index (χ2v) is 19.7. The van der Waals surface area contributed by atoms with Crippen LogP contribution in [0.2, 0.25) is 0 Å². The van der Waals surface area contributed by atoms with Crippen LogP contribution in [0, 0.1) is 34.5 Å². The summed E-state index contributed by atoms with van der Waals surface area (Å²) in [4.78, 5) is 31.0. The molecule has 5 aliphatic carbocycles. The smallest absolute Gasteiger partial charge is 0.338 e. The molecule has 10 heteroatoms. The lowest BCUT2D eigenvalue weighted by molar-refractivity contribution is -0.286. The highest BCUT2D eigenvalue weighted by Gasteiger charge is 2.89. The third-order valence-electron chi connectivity index (χ3n) is 16.7. The Labute approximate surface area is 355 Å². The Morgan fingerprint density at radius 3 is 1.97 bits per heavy atom. The van der Waals surface area contributed by atoms with E-state index in [-0.39, 0.29) is 47.4 Å². The lowest BCUT2D eigenvalue weighted by Crippen LogP contribution is -2.77. The molecule has 1 spiro atoms. The van der Waals surface area contributed by atoms with Gasteiger partial charge in [-0.15, -0.1) is 0 Å². The second-order valence-electron chi connectivity index (χ2n) is 19.7. The van der Waals surface area contributed by atoms with Crippen molar-refractivity contribution >= 4 is 11.9 Å². The molecule has 0 amide bonds. The summed E-state index contributed by atoms with van der Waals surface area (Å²) in [7, 11) is 9.21. The van der Waals surface area contributed by atoms with E-state index >= 15 is 0 Å². The van der Waals surface area contributed by atoms with E-state index in [9.17, 15) is 14.7 Å². The topological polar surface area (TPSA) is 113 Å². The summed E-state index contributed by atoms with van der Waals surface area (Å²) in [5, 5.41) is 13.0. The maximum atomic E-state index is 14.5. The summed E-state index contributed by atoms with van der Waals surface area (Å²) in [5.41, 5.74) is -2.92. The Kier molecular flexibility index (Phi) is 14.6. The molecule has 7 bridgehead atoms. The molecule has 5 saturated carbocycles. The third kappa shape index (κ3) is 7.74. The number of likely N-dealkylation sites (tertiary alicyclic amines) is 1. The summed E-state index contributed by atoms with van der Waals surface area (Å²) in [6, 6.07) is 8.91. The molecule has 7 rings (SSSR count). The van der Waals surface area contributed by atoms with E-state index < -0.39 is 40.7 Å². The highest BCUT2D eigenvalue weighted by molar-refractivity contribution is 5.89. The summed E-state index contributed by atoms with van der Waals surface area (Å²) in [5.74, 6) is -1.69. The fraction of sp³-hybridized carbons (Fsp3) is 0.837. The molecule has 10 nitrogen and oxygen atoms in total. The SMILES string of the molecule is CCCCCCCCCCCCCCCCCC(=O)O[C@]12C[C@H](OC)[C@]3(O)C[C@H]([C@@H]1[C@H]3OC(=O)c1ccccc1)[C@@]13C(OC)CC[C@@]4(COC)CN(C)[C@@H]1[C@@H]2[C@H](OC)[C@H]43. The maximum absolute atomic E-state index is 14.5. The monoisotopic (exact) mass is 824 g/mol. The van der Waals surface area contributed by atoms with Crippen molar-refractivity contribution in [3.63, 3.8) is 0 Å². The van der Waals surface area contributed by atoms with Gasteiger partial charge in [0.2, 0.25) is 0 Å². The van der Waals surface area contributed by atoms with Gasteiger partial charge in [0, 0.05) is 82.5 Å². The van der Waals surface area contributed by atoms with Crippen molar-refractivity contribution < 1.29 is 43.1 Å². The van der Waals surface area contributed by atoms with Crippen LogP contribution in [0.4, 0.5) is 0 Å². The van der Waals surface area contributed by atoms with Crippen molar-refractivity contribution in [2.24, 2.45) is 34.5 Å². The molecule has 6 fully saturated rings. The summed E-state index contributed by atoms with van der Waals surface area (Å²) >= 11 is 0. The molecule has 59 heavy (non-hydrogen) atoms. The van der Waals surface area contributed by atoms with Gasteiger partial charge in [-0.1, -0.05) is 115 Å². The third-order valence-corrected chi connectivity index (χ3v) is 16.7. The van der Waals surface area contributed by atoms with Gasteiger partial charge < -0.3 is 38.4 Å². The zero-order valence-corrected chi connectivity index (χ0v) is 37.3. The average Bonchev–Trinajstić information content (AvgIpc) is 3.63. The van der Waals surface area contributed by atoms with E-state index in [0.717, 1.165) is 38.6 Å². The molecule has 332 valence electrons. The zero-order valence-electron chi connectivity index (χ0n) is 37.3. The molecule has 13 atom stereocenters. The van der Waals surface area contributed by atoms with Crippen LogP contribution in [0.3, 0.4) is 0 Å². The van der Waals surface area contributed by atoms with Crippen LogP contribution in [0.1, 0.15) is 146 Å². The van der Waals surface area contributed by atoms with Crippen molar-refractivity contribution in [2.75, 3.05) is 48.6 Å². The molecule has 1 aliphatic heterocycles. The number of rotatable bonds is 24. The molecule has 1 aromatic rings. The molecule has 0 radical (unpaired) electrons. The first-order chi connectivity index (χ1) is 28.6. The molecule has 1 unspecified atom stereocenters. The van der Waals surface area contributed by atoms with Crippen LogP contribution in [0.5, 0.6) is 0 Å². The van der Waals surface area contributed by atoms with Crippen molar-refractivity contribution in [2.45, 2.75) is 177 Å². The van der Waals surface area contributed by atoms with Gasteiger partial charge in [0.1, 0.15) is 17.3 Å². The fourth-order valence-electron chi connectivity index (χ4n) is 14.8. The van der Waals surface area contributed by atoms with E-state index in [1.807, 2.05) is 25.3 Å². The molecule has 1 aromatic carbocycles. The molecule has 6 aliphatic rings. The quantitative estimate of drug-likeness (QED) is 0.0804. The van der Waals surface area contributed by atoms with Gasteiger partial charge in [0.05, 0.1) is 30.5 Å². The number of fused-ring (bicyclic) bond motifs is 2. The number of ether oxygens (including phenoxy) is 6. The highest BCUT2D eigenvalue weighted by atomic mass is 16.6. The fourth-order valence-corrected chi connectivity index (χ4v) is 14.8. The zero-order chi connectivity index (χ0) is 41.8. The largest absolute Gasteiger partial charge is 0.458 e. The van der Waals surface area contributed by atoms with E-state index in [4.69, 9.17) is 28.4 Å². The number of piperidine rings is 1. The Balaban J connectivity index is 1.12. The Morgan fingerprint density at radius 2 is 1.39 bits per heavy atom. The van der Waals surface area contributed by atoms with Crippen molar-refractivity contribution in [1.29, 1.82) is 0 Å². The first kappa shape index (κ1) is 45.0. The van der Waals surface area contributed by atoms with Crippen LogP contribution >= 0.6 is 0 Å². The number of esters is 2. The number of carbonyl (C=O) groups is 2. The van der Waals surface area contributed by atoms with Crippen LogP contribution in [0.15, 0.2) is 30.3 Å². The van der Waals surface area contributed by atoms with Crippen LogP contribution in [-0.2, 0) is 33.2 Å². The molecular weight excluding hydrogens is 747 g/mol. The number of nitrogens with zero attached hydrogens (tertiary/aromatic N) is 1. The summed E-state index contributed by atoms with van der Waals surface area (Å²) in [6.45, 7) is 3.67. The minimum atomic E-state index is -1.49. The number of methoxy groups -OCH3 is 4. The van der Waals surface area contributed by atoms with Crippen LogP contribution < -0.4 is 0 Å². The number of benzene rings is 1. The average molecular weight is 824 g/mol. The molecule has 1 N–H and O–H groups in total. The summed E-state index contributed by atoms with van der Waals surface area (Å²) < 4.78 is 39.3. The molecule has 1 saturated heterocycles. The number of hydrogen-bond donors (Lipinski definition) is 1. The standard InChI is InChI=1S/C49H77NO9/c1-7-8-9-10-11-12-13-14-15-16-17-18-19-20-24-27-38(51)59-48-31-37(56-5)47(53)30-35(39(48)44(47)58-45(52)34-25-22-21-23-26-34)49-36(55-4)28-29-46(33-54-3)32-50(2)43(49)40(48)41(57-6)42(46)49/h21-23,25-26,35-37,39-44,53H,7-20,24,27-33H2,1-6H3/t35-,36?,37+,39-,40+,41+,42-,43-,44-,46+,47-,48-,49+/m1/s1. The minimum Gasteiger partial charge on any atom is -0.458 e. The molecule has 0 aromatic heterocycles. The van der Waals surface area contributed by atoms with Crippen molar-refractivity contribution in [3.8, 4) is 0 Å². The van der Waals surface area contributed by atoms with Crippen LogP contribution in [0.25, 0.3) is 0 Å². The first-order valence-electron chi connectivity index (χ1n) is 23.6.